The normalized spacial score (nSPS) is 17.8. The van der Waals surface area contributed by atoms with Crippen LogP contribution in [0.4, 0.5) is 5.82 Å². The van der Waals surface area contributed by atoms with Crippen LogP contribution in [-0.2, 0) is 11.3 Å². The lowest BCUT2D eigenvalue weighted by molar-refractivity contribution is 0.100. The van der Waals surface area contributed by atoms with Crippen LogP contribution in [0.2, 0.25) is 0 Å². The highest BCUT2D eigenvalue weighted by Crippen LogP contribution is 2.22. The predicted octanol–water partition coefficient (Wildman–Crippen LogP) is 1.77. The number of thioether (sulfide) groups is 1. The molecule has 90 valence electrons. The first-order valence-electron chi connectivity index (χ1n) is 5.83. The maximum absolute atomic E-state index is 5.55. The second kappa shape index (κ2) is 6.15. The van der Waals surface area contributed by atoms with Gasteiger partial charge in [-0.3, -0.25) is 4.68 Å². The lowest BCUT2D eigenvalue weighted by Crippen LogP contribution is -2.18. The van der Waals surface area contributed by atoms with Crippen LogP contribution in [0, 0.1) is 0 Å². The molecular weight excluding hydrogens is 222 g/mol. The first-order valence-corrected chi connectivity index (χ1v) is 6.88. The van der Waals surface area contributed by atoms with Crippen molar-refractivity contribution in [3.05, 3.63) is 12.3 Å². The quantitative estimate of drug-likeness (QED) is 0.798. The van der Waals surface area contributed by atoms with Crippen LogP contribution >= 0.6 is 11.8 Å². The van der Waals surface area contributed by atoms with Crippen LogP contribution < -0.4 is 5.73 Å². The number of hydrogen-bond donors (Lipinski definition) is 1. The van der Waals surface area contributed by atoms with Crippen LogP contribution in [0.1, 0.15) is 19.3 Å². The maximum Gasteiger partial charge on any atom is 0.145 e. The molecule has 2 rings (SSSR count). The number of ether oxygens (including phenoxy) is 1. The molecule has 0 saturated carbocycles. The van der Waals surface area contributed by atoms with Gasteiger partial charge in [-0.15, -0.1) is 0 Å². The van der Waals surface area contributed by atoms with E-state index in [1.54, 1.807) is 0 Å². The topological polar surface area (TPSA) is 53.1 Å². The molecule has 0 atom stereocenters. The molecule has 1 aliphatic heterocycles. The van der Waals surface area contributed by atoms with Gasteiger partial charge >= 0.3 is 0 Å². The largest absolute Gasteiger partial charge is 0.382 e. The minimum absolute atomic E-state index is 0.608. The van der Waals surface area contributed by atoms with Gasteiger partial charge in [0.2, 0.25) is 0 Å². The minimum Gasteiger partial charge on any atom is -0.382 e. The number of aryl methyl sites for hydroxylation is 1. The Balaban J connectivity index is 1.57. The zero-order valence-corrected chi connectivity index (χ0v) is 10.3. The van der Waals surface area contributed by atoms with Crippen molar-refractivity contribution in [2.75, 3.05) is 24.7 Å². The van der Waals surface area contributed by atoms with Crippen molar-refractivity contribution >= 4 is 17.6 Å². The molecule has 1 fully saturated rings. The van der Waals surface area contributed by atoms with Gasteiger partial charge in [-0.2, -0.15) is 16.9 Å². The van der Waals surface area contributed by atoms with Gasteiger partial charge < -0.3 is 10.5 Å². The van der Waals surface area contributed by atoms with Crippen LogP contribution in [0.25, 0.3) is 0 Å². The average molecular weight is 241 g/mol. The van der Waals surface area contributed by atoms with Gasteiger partial charge in [-0.25, -0.2) is 0 Å². The number of rotatable bonds is 5. The monoisotopic (exact) mass is 241 g/mol. The molecule has 1 aromatic rings. The highest BCUT2D eigenvalue weighted by atomic mass is 32.2. The van der Waals surface area contributed by atoms with Crippen LogP contribution in [0.15, 0.2) is 12.3 Å². The van der Waals surface area contributed by atoms with E-state index < -0.39 is 0 Å². The SMILES string of the molecule is Nc1ccn(CCCSC2CCOCC2)n1. The third kappa shape index (κ3) is 3.72. The average Bonchev–Trinajstić information content (AvgIpc) is 2.72. The number of hydrogen-bond acceptors (Lipinski definition) is 4. The van der Waals surface area contributed by atoms with E-state index in [9.17, 15) is 0 Å². The molecule has 0 bridgehead atoms. The van der Waals surface area contributed by atoms with E-state index in [0.717, 1.165) is 31.4 Å². The van der Waals surface area contributed by atoms with Crippen molar-refractivity contribution in [1.82, 2.24) is 9.78 Å². The Hall–Kier alpha value is -0.680. The van der Waals surface area contributed by atoms with E-state index in [1.165, 1.54) is 18.6 Å². The van der Waals surface area contributed by atoms with Crippen molar-refractivity contribution in [3.8, 4) is 0 Å². The van der Waals surface area contributed by atoms with Crippen molar-refractivity contribution < 1.29 is 4.74 Å². The third-order valence-electron chi connectivity index (χ3n) is 2.71. The Kier molecular flexibility index (Phi) is 4.54. The number of aromatic nitrogens is 2. The molecule has 4 nitrogen and oxygen atoms in total. The maximum atomic E-state index is 5.55. The highest BCUT2D eigenvalue weighted by molar-refractivity contribution is 7.99. The van der Waals surface area contributed by atoms with Gasteiger partial charge in [-0.1, -0.05) is 0 Å². The summed E-state index contributed by atoms with van der Waals surface area (Å²) in [5.41, 5.74) is 5.55. The van der Waals surface area contributed by atoms with Crippen molar-refractivity contribution in [2.24, 2.45) is 0 Å². The second-order valence-electron chi connectivity index (χ2n) is 4.04. The van der Waals surface area contributed by atoms with Gasteiger partial charge in [0.25, 0.3) is 0 Å². The van der Waals surface area contributed by atoms with E-state index in [1.807, 2.05) is 16.9 Å². The summed E-state index contributed by atoms with van der Waals surface area (Å²) in [6, 6.07) is 1.84. The van der Waals surface area contributed by atoms with Gasteiger partial charge in [0.1, 0.15) is 5.82 Å². The molecule has 0 unspecified atom stereocenters. The zero-order valence-electron chi connectivity index (χ0n) is 9.47. The Morgan fingerprint density at radius 3 is 3.00 bits per heavy atom. The van der Waals surface area contributed by atoms with Crippen LogP contribution in [0.5, 0.6) is 0 Å². The van der Waals surface area contributed by atoms with Crippen molar-refractivity contribution in [1.29, 1.82) is 0 Å². The van der Waals surface area contributed by atoms with Gasteiger partial charge in [0, 0.05) is 31.2 Å². The lowest BCUT2D eigenvalue weighted by atomic mass is 10.2. The molecule has 1 aromatic heterocycles. The smallest absolute Gasteiger partial charge is 0.145 e. The fourth-order valence-electron chi connectivity index (χ4n) is 1.82. The Morgan fingerprint density at radius 2 is 2.31 bits per heavy atom. The van der Waals surface area contributed by atoms with E-state index in [2.05, 4.69) is 16.9 Å². The fraction of sp³-hybridized carbons (Fsp3) is 0.727. The van der Waals surface area contributed by atoms with Crippen LogP contribution in [0.3, 0.4) is 0 Å². The highest BCUT2D eigenvalue weighted by Gasteiger charge is 2.13. The standard InChI is InChI=1S/C11H19N3OS/c12-11-2-6-14(13-11)5-1-9-16-10-3-7-15-8-4-10/h2,6,10H,1,3-5,7-9H2,(H2,12,13). The molecule has 0 radical (unpaired) electrons. The molecule has 16 heavy (non-hydrogen) atoms. The Morgan fingerprint density at radius 1 is 1.50 bits per heavy atom. The predicted molar refractivity (Wildman–Crippen MR) is 67.6 cm³/mol. The van der Waals surface area contributed by atoms with Crippen molar-refractivity contribution in [2.45, 2.75) is 31.1 Å². The molecule has 0 amide bonds. The number of nitrogens with zero attached hydrogens (tertiary/aromatic N) is 2. The molecule has 2 N–H and O–H groups in total. The summed E-state index contributed by atoms with van der Waals surface area (Å²) in [6.45, 7) is 2.84. The molecule has 2 heterocycles. The Bertz CT molecular complexity index is 310. The summed E-state index contributed by atoms with van der Waals surface area (Å²) in [6.07, 6.45) is 5.51. The first kappa shape index (κ1) is 11.8. The molecule has 1 aliphatic rings. The number of nitrogens with two attached hydrogens (primary N) is 1. The molecule has 1 saturated heterocycles. The Labute approximate surface area is 101 Å². The summed E-state index contributed by atoms with van der Waals surface area (Å²) in [5.74, 6) is 1.81. The molecule has 5 heteroatoms. The molecule has 0 aliphatic carbocycles. The summed E-state index contributed by atoms with van der Waals surface area (Å²) in [5, 5.41) is 4.96. The number of anilines is 1. The zero-order chi connectivity index (χ0) is 11.2. The van der Waals surface area contributed by atoms with Crippen LogP contribution in [-0.4, -0.2) is 34.0 Å². The third-order valence-corrected chi connectivity index (χ3v) is 4.18. The van der Waals surface area contributed by atoms with E-state index in [-0.39, 0.29) is 0 Å². The van der Waals surface area contributed by atoms with E-state index in [0.29, 0.717) is 5.82 Å². The molecular formula is C11H19N3OS. The number of nitrogen functional groups attached to an aromatic ring is 1. The van der Waals surface area contributed by atoms with Gasteiger partial charge in [-0.05, 0) is 31.1 Å². The lowest BCUT2D eigenvalue weighted by Gasteiger charge is -2.21. The van der Waals surface area contributed by atoms with E-state index in [4.69, 9.17) is 10.5 Å². The minimum atomic E-state index is 0.608. The summed E-state index contributed by atoms with van der Waals surface area (Å²) < 4.78 is 7.25. The summed E-state index contributed by atoms with van der Waals surface area (Å²) >= 11 is 2.07. The van der Waals surface area contributed by atoms with Gasteiger partial charge in [0.05, 0.1) is 0 Å². The van der Waals surface area contributed by atoms with Gasteiger partial charge in [0.15, 0.2) is 0 Å². The first-order chi connectivity index (χ1) is 7.84. The van der Waals surface area contributed by atoms with E-state index >= 15 is 0 Å². The second-order valence-corrected chi connectivity index (χ2v) is 5.45. The fourth-order valence-corrected chi connectivity index (χ4v) is 2.98. The molecule has 0 spiro atoms. The molecule has 0 aromatic carbocycles. The van der Waals surface area contributed by atoms with Crippen molar-refractivity contribution in [3.63, 3.8) is 0 Å². The summed E-state index contributed by atoms with van der Waals surface area (Å²) in [7, 11) is 0. The summed E-state index contributed by atoms with van der Waals surface area (Å²) in [4.78, 5) is 0.